The van der Waals surface area contributed by atoms with E-state index in [9.17, 15) is 9.59 Å². The molecule has 2 amide bonds. The minimum Gasteiger partial charge on any atom is -0.353 e. The van der Waals surface area contributed by atoms with Crippen LogP contribution >= 0.6 is 12.4 Å². The van der Waals surface area contributed by atoms with Gasteiger partial charge in [0.15, 0.2) is 0 Å². The Kier molecular flexibility index (Phi) is 5.02. The summed E-state index contributed by atoms with van der Waals surface area (Å²) in [6.07, 6.45) is 3.14. The Labute approximate surface area is 101 Å². The van der Waals surface area contributed by atoms with Crippen LogP contribution in [-0.2, 0) is 9.59 Å². The molecule has 0 aromatic heterocycles. The molecule has 6 heteroatoms. The van der Waals surface area contributed by atoms with Gasteiger partial charge in [0.05, 0.1) is 12.6 Å². The Hall–Kier alpha value is -0.810. The van der Waals surface area contributed by atoms with E-state index in [2.05, 4.69) is 10.6 Å². The maximum absolute atomic E-state index is 12.0. The lowest BCUT2D eigenvalue weighted by atomic mass is 10.0. The molecule has 0 bridgehead atoms. The van der Waals surface area contributed by atoms with Crippen LogP contribution in [0.15, 0.2) is 0 Å². The molecule has 0 radical (unpaired) electrons. The fraction of sp³-hybridized carbons (Fsp3) is 0.800. The van der Waals surface area contributed by atoms with Crippen LogP contribution in [0.2, 0.25) is 0 Å². The van der Waals surface area contributed by atoms with Gasteiger partial charge in [-0.15, -0.1) is 12.4 Å². The van der Waals surface area contributed by atoms with Gasteiger partial charge in [-0.1, -0.05) is 6.42 Å². The Morgan fingerprint density at radius 2 is 2.12 bits per heavy atom. The van der Waals surface area contributed by atoms with Crippen LogP contribution in [0.1, 0.15) is 19.3 Å². The van der Waals surface area contributed by atoms with Gasteiger partial charge in [-0.2, -0.15) is 0 Å². The van der Waals surface area contributed by atoms with Gasteiger partial charge >= 0.3 is 0 Å². The molecule has 2 aliphatic heterocycles. The molecule has 0 aromatic carbocycles. The lowest BCUT2D eigenvalue weighted by Crippen LogP contribution is -2.55. The molecule has 0 aliphatic carbocycles. The molecule has 0 saturated carbocycles. The zero-order chi connectivity index (χ0) is 10.7. The molecular formula is C10H18ClN3O2. The molecule has 2 fully saturated rings. The highest BCUT2D eigenvalue weighted by molar-refractivity contribution is 5.88. The summed E-state index contributed by atoms with van der Waals surface area (Å²) >= 11 is 0. The average Bonchev–Trinajstić information content (AvgIpc) is 2.29. The number of nitrogens with zero attached hydrogens (tertiary/aromatic N) is 1. The standard InChI is InChI=1S/C10H17N3O2.ClH/c14-9-7-13(6-5-12-9)10(15)8-3-1-2-4-11-8;/h8,11H,1-7H2,(H,12,14);1H/t8-;/m1./s1. The van der Waals surface area contributed by atoms with Crippen molar-refractivity contribution in [3.63, 3.8) is 0 Å². The molecule has 2 rings (SSSR count). The zero-order valence-electron chi connectivity index (χ0n) is 9.20. The molecule has 0 unspecified atom stereocenters. The molecule has 2 saturated heterocycles. The first-order valence-corrected chi connectivity index (χ1v) is 5.56. The van der Waals surface area contributed by atoms with Gasteiger partial charge in [-0.25, -0.2) is 0 Å². The first kappa shape index (κ1) is 13.3. The van der Waals surface area contributed by atoms with Gasteiger partial charge in [-0.05, 0) is 19.4 Å². The van der Waals surface area contributed by atoms with Crippen molar-refractivity contribution in [3.05, 3.63) is 0 Å². The number of hydrogen-bond donors (Lipinski definition) is 2. The van der Waals surface area contributed by atoms with Crippen LogP contribution in [0.25, 0.3) is 0 Å². The second kappa shape index (κ2) is 6.06. The third-order valence-corrected chi connectivity index (χ3v) is 2.96. The molecule has 0 aromatic rings. The van der Waals surface area contributed by atoms with Crippen molar-refractivity contribution in [3.8, 4) is 0 Å². The predicted molar refractivity (Wildman–Crippen MR) is 62.5 cm³/mol. The summed E-state index contributed by atoms with van der Waals surface area (Å²) in [6.45, 7) is 2.35. The summed E-state index contributed by atoms with van der Waals surface area (Å²) in [4.78, 5) is 24.8. The van der Waals surface area contributed by atoms with Crippen molar-refractivity contribution in [1.29, 1.82) is 0 Å². The lowest BCUT2D eigenvalue weighted by molar-refractivity contribution is -0.140. The number of hydrogen-bond acceptors (Lipinski definition) is 3. The summed E-state index contributed by atoms with van der Waals surface area (Å²) in [5.41, 5.74) is 0. The Bertz CT molecular complexity index is 267. The molecule has 0 spiro atoms. The Morgan fingerprint density at radius 1 is 1.31 bits per heavy atom. The first-order valence-electron chi connectivity index (χ1n) is 5.56. The number of rotatable bonds is 1. The monoisotopic (exact) mass is 247 g/mol. The van der Waals surface area contributed by atoms with Gasteiger partial charge in [-0.3, -0.25) is 9.59 Å². The third kappa shape index (κ3) is 3.09. The van der Waals surface area contributed by atoms with Gasteiger partial charge < -0.3 is 15.5 Å². The number of carbonyl (C=O) groups is 2. The van der Waals surface area contributed by atoms with Crippen molar-refractivity contribution in [2.75, 3.05) is 26.2 Å². The molecule has 5 nitrogen and oxygen atoms in total. The van der Waals surface area contributed by atoms with E-state index in [4.69, 9.17) is 0 Å². The molecular weight excluding hydrogens is 230 g/mol. The van der Waals surface area contributed by atoms with Gasteiger partial charge in [0.25, 0.3) is 0 Å². The molecule has 1 atom stereocenters. The van der Waals surface area contributed by atoms with Crippen molar-refractivity contribution < 1.29 is 9.59 Å². The molecule has 2 N–H and O–H groups in total. The van der Waals surface area contributed by atoms with Crippen LogP contribution in [0.3, 0.4) is 0 Å². The quantitative estimate of drug-likeness (QED) is 0.657. The summed E-state index contributed by atoms with van der Waals surface area (Å²) in [5.74, 6) is 0.0370. The smallest absolute Gasteiger partial charge is 0.240 e. The van der Waals surface area contributed by atoms with Crippen LogP contribution in [0.4, 0.5) is 0 Å². The van der Waals surface area contributed by atoms with Crippen molar-refractivity contribution in [2.45, 2.75) is 25.3 Å². The molecule has 92 valence electrons. The normalized spacial score (nSPS) is 25.6. The highest BCUT2D eigenvalue weighted by Crippen LogP contribution is 2.10. The third-order valence-electron chi connectivity index (χ3n) is 2.96. The van der Waals surface area contributed by atoms with E-state index in [1.54, 1.807) is 4.90 Å². The predicted octanol–water partition coefficient (Wildman–Crippen LogP) is -0.491. The number of piperazine rings is 1. The first-order chi connectivity index (χ1) is 7.27. The van der Waals surface area contributed by atoms with E-state index < -0.39 is 0 Å². The highest BCUT2D eigenvalue weighted by Gasteiger charge is 2.28. The van der Waals surface area contributed by atoms with Gasteiger partial charge in [0, 0.05) is 13.1 Å². The molecule has 2 aliphatic rings. The van der Waals surface area contributed by atoms with E-state index >= 15 is 0 Å². The second-order valence-electron chi connectivity index (χ2n) is 4.11. The Balaban J connectivity index is 0.00000128. The van der Waals surface area contributed by atoms with Crippen molar-refractivity contribution in [2.24, 2.45) is 0 Å². The Morgan fingerprint density at radius 3 is 2.75 bits per heavy atom. The van der Waals surface area contributed by atoms with Gasteiger partial charge in [0.1, 0.15) is 0 Å². The number of carbonyl (C=O) groups excluding carboxylic acids is 2. The number of nitrogens with one attached hydrogen (secondary N) is 2. The second-order valence-corrected chi connectivity index (χ2v) is 4.11. The average molecular weight is 248 g/mol. The van der Waals surface area contributed by atoms with E-state index in [0.717, 1.165) is 25.8 Å². The number of piperidine rings is 1. The molecule has 2 heterocycles. The summed E-state index contributed by atoms with van der Waals surface area (Å²) in [5, 5.41) is 5.92. The summed E-state index contributed by atoms with van der Waals surface area (Å²) in [7, 11) is 0. The maximum atomic E-state index is 12.0. The van der Waals surface area contributed by atoms with E-state index in [1.807, 2.05) is 0 Å². The fourth-order valence-electron chi connectivity index (χ4n) is 2.11. The van der Waals surface area contributed by atoms with Crippen LogP contribution in [-0.4, -0.2) is 48.9 Å². The van der Waals surface area contributed by atoms with E-state index in [-0.39, 0.29) is 36.8 Å². The SMILES string of the molecule is Cl.O=C1CN(C(=O)[C@H]2CCCCN2)CCN1. The summed E-state index contributed by atoms with van der Waals surface area (Å²) < 4.78 is 0. The largest absolute Gasteiger partial charge is 0.353 e. The lowest BCUT2D eigenvalue weighted by Gasteiger charge is -2.32. The minimum absolute atomic E-state index is 0. The number of halogens is 1. The fourth-order valence-corrected chi connectivity index (χ4v) is 2.11. The van der Waals surface area contributed by atoms with Crippen molar-refractivity contribution in [1.82, 2.24) is 15.5 Å². The van der Waals surface area contributed by atoms with E-state index in [1.165, 1.54) is 0 Å². The van der Waals surface area contributed by atoms with Crippen LogP contribution < -0.4 is 10.6 Å². The topological polar surface area (TPSA) is 61.4 Å². The molecule has 16 heavy (non-hydrogen) atoms. The highest BCUT2D eigenvalue weighted by atomic mass is 35.5. The number of amides is 2. The van der Waals surface area contributed by atoms with E-state index in [0.29, 0.717) is 13.1 Å². The minimum atomic E-state index is -0.0651. The van der Waals surface area contributed by atoms with Crippen LogP contribution in [0, 0.1) is 0 Å². The maximum Gasteiger partial charge on any atom is 0.240 e. The van der Waals surface area contributed by atoms with Crippen molar-refractivity contribution >= 4 is 24.2 Å². The van der Waals surface area contributed by atoms with Gasteiger partial charge in [0.2, 0.25) is 11.8 Å². The van der Waals surface area contributed by atoms with Crippen LogP contribution in [0.5, 0.6) is 0 Å². The zero-order valence-corrected chi connectivity index (χ0v) is 10.0. The summed E-state index contributed by atoms with van der Waals surface area (Å²) in [6, 6.07) is -0.0651.